The van der Waals surface area contributed by atoms with E-state index in [-0.39, 0.29) is 11.9 Å². The van der Waals surface area contributed by atoms with E-state index in [1.807, 2.05) is 16.9 Å². The number of benzene rings is 1. The van der Waals surface area contributed by atoms with Crippen molar-refractivity contribution in [3.8, 4) is 0 Å². The van der Waals surface area contributed by atoms with Gasteiger partial charge in [-0.15, -0.1) is 0 Å². The first kappa shape index (κ1) is 18.2. The first-order valence-electron chi connectivity index (χ1n) is 10.1. The Bertz CT molecular complexity index is 730. The summed E-state index contributed by atoms with van der Waals surface area (Å²) >= 11 is 0. The highest BCUT2D eigenvalue weighted by Crippen LogP contribution is 2.17. The SMILES string of the molecule is O=C(NC1CCN(Cc2ccccc2)CC1)c1ccn(C2CCCNC2)n1. The molecule has 1 atom stereocenters. The van der Waals surface area contributed by atoms with E-state index >= 15 is 0 Å². The van der Waals surface area contributed by atoms with Crippen LogP contribution >= 0.6 is 0 Å². The lowest BCUT2D eigenvalue weighted by Crippen LogP contribution is -2.44. The molecule has 1 amide bonds. The molecule has 0 saturated carbocycles. The van der Waals surface area contributed by atoms with Crippen molar-refractivity contribution in [1.29, 1.82) is 0 Å². The fraction of sp³-hybridized carbons (Fsp3) is 0.524. The average Bonchev–Trinajstić information content (AvgIpc) is 3.21. The van der Waals surface area contributed by atoms with Crippen molar-refractivity contribution in [2.75, 3.05) is 26.2 Å². The number of hydrogen-bond donors (Lipinski definition) is 2. The summed E-state index contributed by atoms with van der Waals surface area (Å²) in [6.45, 7) is 5.03. The summed E-state index contributed by atoms with van der Waals surface area (Å²) in [5.74, 6) is -0.0426. The van der Waals surface area contributed by atoms with Crippen molar-refractivity contribution in [2.45, 2.75) is 44.3 Å². The monoisotopic (exact) mass is 367 g/mol. The van der Waals surface area contributed by atoms with Crippen LogP contribution < -0.4 is 10.6 Å². The summed E-state index contributed by atoms with van der Waals surface area (Å²) in [4.78, 5) is 15.0. The first-order chi connectivity index (χ1) is 13.3. The Morgan fingerprint density at radius 1 is 1.15 bits per heavy atom. The Morgan fingerprint density at radius 3 is 2.70 bits per heavy atom. The molecule has 2 aliphatic rings. The van der Waals surface area contributed by atoms with Crippen LogP contribution in [0.4, 0.5) is 0 Å². The number of amides is 1. The van der Waals surface area contributed by atoms with Gasteiger partial charge in [0.25, 0.3) is 5.91 Å². The second kappa shape index (κ2) is 8.67. The van der Waals surface area contributed by atoms with Gasteiger partial charge in [0.2, 0.25) is 0 Å². The Balaban J connectivity index is 1.25. The molecule has 1 unspecified atom stereocenters. The lowest BCUT2D eigenvalue weighted by Gasteiger charge is -2.32. The lowest BCUT2D eigenvalue weighted by atomic mass is 10.0. The number of likely N-dealkylation sites (tertiary alicyclic amines) is 1. The summed E-state index contributed by atoms with van der Waals surface area (Å²) in [6.07, 6.45) is 6.20. The van der Waals surface area contributed by atoms with E-state index in [2.05, 4.69) is 51.0 Å². The first-order valence-corrected chi connectivity index (χ1v) is 10.1. The van der Waals surface area contributed by atoms with Gasteiger partial charge in [-0.3, -0.25) is 14.4 Å². The van der Waals surface area contributed by atoms with Crippen LogP contribution in [0.1, 0.15) is 47.8 Å². The molecule has 6 heteroatoms. The van der Waals surface area contributed by atoms with Gasteiger partial charge in [0.15, 0.2) is 0 Å². The lowest BCUT2D eigenvalue weighted by molar-refractivity contribution is 0.0902. The minimum absolute atomic E-state index is 0.0426. The van der Waals surface area contributed by atoms with E-state index in [0.29, 0.717) is 11.7 Å². The molecule has 0 spiro atoms. The molecule has 27 heavy (non-hydrogen) atoms. The van der Waals surface area contributed by atoms with Gasteiger partial charge in [-0.25, -0.2) is 0 Å². The van der Waals surface area contributed by atoms with Crippen LogP contribution in [0.3, 0.4) is 0 Å². The predicted octanol–water partition coefficient (Wildman–Crippen LogP) is 2.20. The molecule has 2 N–H and O–H groups in total. The van der Waals surface area contributed by atoms with Gasteiger partial charge in [-0.05, 0) is 43.9 Å². The highest BCUT2D eigenvalue weighted by atomic mass is 16.2. The number of rotatable bonds is 5. The molecule has 2 aliphatic heterocycles. The molecule has 4 rings (SSSR count). The highest BCUT2D eigenvalue weighted by molar-refractivity contribution is 5.92. The van der Waals surface area contributed by atoms with Crippen LogP contribution in [0.25, 0.3) is 0 Å². The van der Waals surface area contributed by atoms with Crippen molar-refractivity contribution in [3.05, 3.63) is 53.9 Å². The van der Waals surface area contributed by atoms with Gasteiger partial charge in [-0.2, -0.15) is 5.10 Å². The van der Waals surface area contributed by atoms with E-state index in [1.54, 1.807) is 0 Å². The molecule has 1 aromatic heterocycles. The van der Waals surface area contributed by atoms with E-state index in [0.717, 1.165) is 58.4 Å². The molecule has 1 aromatic carbocycles. The fourth-order valence-electron chi connectivity index (χ4n) is 4.06. The van der Waals surface area contributed by atoms with Crippen molar-refractivity contribution < 1.29 is 4.79 Å². The zero-order valence-electron chi connectivity index (χ0n) is 15.8. The fourth-order valence-corrected chi connectivity index (χ4v) is 4.06. The van der Waals surface area contributed by atoms with Gasteiger partial charge in [0, 0.05) is 38.4 Å². The van der Waals surface area contributed by atoms with E-state index in [4.69, 9.17) is 0 Å². The molecule has 2 aromatic rings. The van der Waals surface area contributed by atoms with Gasteiger partial charge in [-0.1, -0.05) is 30.3 Å². The van der Waals surface area contributed by atoms with Gasteiger partial charge < -0.3 is 10.6 Å². The van der Waals surface area contributed by atoms with Gasteiger partial charge in [0.05, 0.1) is 6.04 Å². The van der Waals surface area contributed by atoms with E-state index < -0.39 is 0 Å². The number of aromatic nitrogens is 2. The summed E-state index contributed by atoms with van der Waals surface area (Å²) in [7, 11) is 0. The minimum atomic E-state index is -0.0426. The smallest absolute Gasteiger partial charge is 0.271 e. The summed E-state index contributed by atoms with van der Waals surface area (Å²) in [5.41, 5.74) is 1.88. The maximum absolute atomic E-state index is 12.6. The van der Waals surface area contributed by atoms with Crippen LogP contribution in [0.5, 0.6) is 0 Å². The van der Waals surface area contributed by atoms with Gasteiger partial charge >= 0.3 is 0 Å². The van der Waals surface area contributed by atoms with Crippen LogP contribution in [0.15, 0.2) is 42.6 Å². The molecule has 0 bridgehead atoms. The second-order valence-corrected chi connectivity index (χ2v) is 7.69. The van der Waals surface area contributed by atoms with Crippen molar-refractivity contribution in [1.82, 2.24) is 25.3 Å². The number of piperidine rings is 2. The Kier molecular flexibility index (Phi) is 5.84. The molecule has 6 nitrogen and oxygen atoms in total. The van der Waals surface area contributed by atoms with Crippen LogP contribution in [0, 0.1) is 0 Å². The topological polar surface area (TPSA) is 62.2 Å². The standard InChI is InChI=1S/C21H29N5O/c27-21(20-10-14-26(24-20)19-7-4-11-22-15-19)23-18-8-12-25(13-9-18)16-17-5-2-1-3-6-17/h1-3,5-6,10,14,18-19,22H,4,7-9,11-13,15-16H2,(H,23,27). The maximum Gasteiger partial charge on any atom is 0.271 e. The highest BCUT2D eigenvalue weighted by Gasteiger charge is 2.23. The van der Waals surface area contributed by atoms with Crippen molar-refractivity contribution in [2.24, 2.45) is 0 Å². The quantitative estimate of drug-likeness (QED) is 0.851. The number of nitrogens with one attached hydrogen (secondary N) is 2. The number of carbonyl (C=O) groups excluding carboxylic acids is 1. The van der Waals surface area contributed by atoms with Crippen LogP contribution in [-0.2, 0) is 6.54 Å². The Hall–Kier alpha value is -2.18. The van der Waals surface area contributed by atoms with Crippen LogP contribution in [-0.4, -0.2) is 52.8 Å². The molecule has 0 aliphatic carbocycles. The summed E-state index contributed by atoms with van der Waals surface area (Å²) in [6, 6.07) is 13.0. The summed E-state index contributed by atoms with van der Waals surface area (Å²) in [5, 5.41) is 11.1. The third kappa shape index (κ3) is 4.76. The molecular weight excluding hydrogens is 338 g/mol. The normalized spacial score (nSPS) is 21.9. The number of nitrogens with zero attached hydrogens (tertiary/aromatic N) is 3. The second-order valence-electron chi connectivity index (χ2n) is 7.69. The van der Waals surface area contributed by atoms with Gasteiger partial charge in [0.1, 0.15) is 5.69 Å². The molecule has 2 fully saturated rings. The zero-order chi connectivity index (χ0) is 18.5. The zero-order valence-corrected chi connectivity index (χ0v) is 15.8. The Labute approximate surface area is 160 Å². The third-order valence-electron chi connectivity index (χ3n) is 5.66. The predicted molar refractivity (Wildman–Crippen MR) is 106 cm³/mol. The Morgan fingerprint density at radius 2 is 1.96 bits per heavy atom. The van der Waals surface area contributed by atoms with Crippen LogP contribution in [0.2, 0.25) is 0 Å². The molecule has 3 heterocycles. The third-order valence-corrected chi connectivity index (χ3v) is 5.66. The molecular formula is C21H29N5O. The van der Waals surface area contributed by atoms with E-state index in [1.165, 1.54) is 5.56 Å². The average molecular weight is 367 g/mol. The maximum atomic E-state index is 12.6. The van der Waals surface area contributed by atoms with E-state index in [9.17, 15) is 4.79 Å². The molecule has 0 radical (unpaired) electrons. The molecule has 2 saturated heterocycles. The number of hydrogen-bond acceptors (Lipinski definition) is 4. The van der Waals surface area contributed by atoms with Crippen molar-refractivity contribution >= 4 is 5.91 Å². The van der Waals surface area contributed by atoms with Crippen molar-refractivity contribution in [3.63, 3.8) is 0 Å². The minimum Gasteiger partial charge on any atom is -0.348 e. The number of carbonyl (C=O) groups is 1. The molecule has 144 valence electrons. The summed E-state index contributed by atoms with van der Waals surface area (Å²) < 4.78 is 1.95. The largest absolute Gasteiger partial charge is 0.348 e.